The van der Waals surface area contributed by atoms with Crippen molar-refractivity contribution < 1.29 is 4.74 Å². The van der Waals surface area contributed by atoms with Crippen molar-refractivity contribution >= 4 is 33.3 Å². The Kier molecular flexibility index (Phi) is 3.04. The van der Waals surface area contributed by atoms with E-state index in [1.54, 1.807) is 11.3 Å². The molecule has 3 N–H and O–H groups in total. The van der Waals surface area contributed by atoms with E-state index in [0.29, 0.717) is 19.2 Å². The second-order valence-corrected chi connectivity index (χ2v) is 6.07. The van der Waals surface area contributed by atoms with Crippen molar-refractivity contribution in [2.75, 3.05) is 30.1 Å². The molecule has 3 heterocycles. The lowest BCUT2D eigenvalue weighted by molar-refractivity contribution is 0.0641. The zero-order valence-corrected chi connectivity index (χ0v) is 11.8. The number of hydrogen-bond donors (Lipinski definition) is 2. The molecule has 0 radical (unpaired) electrons. The number of nitrogen functional groups attached to an aromatic ring is 1. The summed E-state index contributed by atoms with van der Waals surface area (Å²) in [7, 11) is 0. The van der Waals surface area contributed by atoms with Gasteiger partial charge in [-0.2, -0.15) is 4.98 Å². The first-order valence-corrected chi connectivity index (χ1v) is 7.07. The number of nitrogens with two attached hydrogens (primary N) is 1. The Morgan fingerprint density at radius 2 is 2.32 bits per heavy atom. The molecule has 2 aromatic heterocycles. The molecule has 7 heteroatoms. The summed E-state index contributed by atoms with van der Waals surface area (Å²) in [4.78, 5) is 12.1. The summed E-state index contributed by atoms with van der Waals surface area (Å²) in [5, 5.41) is 3.09. The maximum atomic E-state index is 5.56. The molecule has 3 rings (SSSR count). The van der Waals surface area contributed by atoms with Crippen molar-refractivity contribution in [3.8, 4) is 0 Å². The first kappa shape index (κ1) is 12.6. The third kappa shape index (κ3) is 2.13. The lowest BCUT2D eigenvalue weighted by atomic mass is 10.0. The topological polar surface area (TPSA) is 76.3 Å². The van der Waals surface area contributed by atoms with Gasteiger partial charge in [0.1, 0.15) is 10.6 Å². The number of nitrogens with zero attached hydrogens (tertiary/aromatic N) is 3. The van der Waals surface area contributed by atoms with E-state index < -0.39 is 0 Å². The van der Waals surface area contributed by atoms with Crippen LogP contribution in [0.25, 0.3) is 10.2 Å². The van der Waals surface area contributed by atoms with Gasteiger partial charge in [0.2, 0.25) is 5.95 Å². The maximum Gasteiger partial charge on any atom is 0.240 e. The lowest BCUT2D eigenvalue weighted by Crippen LogP contribution is -2.53. The molecule has 0 saturated carbocycles. The molecule has 0 amide bonds. The highest BCUT2D eigenvalue weighted by Crippen LogP contribution is 2.33. The van der Waals surface area contributed by atoms with E-state index in [1.807, 2.05) is 5.38 Å². The molecule has 1 aliphatic heterocycles. The van der Waals surface area contributed by atoms with Crippen LogP contribution in [-0.2, 0) is 4.74 Å². The number of hydrogen-bond acceptors (Lipinski definition) is 7. The monoisotopic (exact) mass is 279 g/mol. The number of aromatic nitrogens is 2. The Hall–Kier alpha value is -1.44. The number of rotatable bonds is 2. The van der Waals surface area contributed by atoms with E-state index in [1.165, 1.54) is 0 Å². The molecular weight excluding hydrogens is 262 g/mol. The molecular formula is C12H17N5OS. The Bertz CT molecular complexity index is 597. The minimum absolute atomic E-state index is 0.0899. The van der Waals surface area contributed by atoms with Gasteiger partial charge in [-0.3, -0.25) is 5.43 Å². The Morgan fingerprint density at radius 3 is 3.05 bits per heavy atom. The standard InChI is InChI=1S/C12H17N5OS/c1-12(2)7-18-5-4-17(12)9-8-3-6-19-10(8)15-11(14-9)16-13/h3,6H,4-5,7,13H2,1-2H3,(H,14,15,16). The smallest absolute Gasteiger partial charge is 0.240 e. The van der Waals surface area contributed by atoms with Crippen molar-refractivity contribution in [3.63, 3.8) is 0 Å². The maximum absolute atomic E-state index is 5.56. The fourth-order valence-electron chi connectivity index (χ4n) is 2.36. The van der Waals surface area contributed by atoms with Crippen molar-refractivity contribution in [2.24, 2.45) is 5.84 Å². The van der Waals surface area contributed by atoms with Crippen molar-refractivity contribution in [2.45, 2.75) is 19.4 Å². The lowest BCUT2D eigenvalue weighted by Gasteiger charge is -2.43. The highest BCUT2D eigenvalue weighted by atomic mass is 32.1. The fourth-order valence-corrected chi connectivity index (χ4v) is 3.12. The van der Waals surface area contributed by atoms with Gasteiger partial charge in [-0.25, -0.2) is 10.8 Å². The van der Waals surface area contributed by atoms with Gasteiger partial charge < -0.3 is 9.64 Å². The average molecular weight is 279 g/mol. The van der Waals surface area contributed by atoms with E-state index in [4.69, 9.17) is 10.6 Å². The molecule has 6 nitrogen and oxygen atoms in total. The number of ether oxygens (including phenoxy) is 1. The van der Waals surface area contributed by atoms with Gasteiger partial charge >= 0.3 is 0 Å². The summed E-state index contributed by atoms with van der Waals surface area (Å²) in [5.41, 5.74) is 2.45. The van der Waals surface area contributed by atoms with Crippen LogP contribution < -0.4 is 16.2 Å². The van der Waals surface area contributed by atoms with Crippen molar-refractivity contribution in [3.05, 3.63) is 11.4 Å². The van der Waals surface area contributed by atoms with Gasteiger partial charge in [0.05, 0.1) is 24.1 Å². The van der Waals surface area contributed by atoms with Crippen LogP contribution in [0.5, 0.6) is 0 Å². The molecule has 19 heavy (non-hydrogen) atoms. The van der Waals surface area contributed by atoms with Crippen LogP contribution in [0.15, 0.2) is 11.4 Å². The number of anilines is 2. The highest BCUT2D eigenvalue weighted by Gasteiger charge is 2.33. The van der Waals surface area contributed by atoms with Crippen LogP contribution >= 0.6 is 11.3 Å². The van der Waals surface area contributed by atoms with E-state index in [-0.39, 0.29) is 5.54 Å². The molecule has 2 aromatic rings. The predicted octanol–water partition coefficient (Wildman–Crippen LogP) is 1.59. The zero-order valence-electron chi connectivity index (χ0n) is 11.0. The molecule has 1 saturated heterocycles. The second-order valence-electron chi connectivity index (χ2n) is 5.17. The number of nitrogens with one attached hydrogen (secondary N) is 1. The van der Waals surface area contributed by atoms with Gasteiger partial charge in [0, 0.05) is 6.54 Å². The Morgan fingerprint density at radius 1 is 1.47 bits per heavy atom. The van der Waals surface area contributed by atoms with E-state index in [9.17, 15) is 0 Å². The third-order valence-corrected chi connectivity index (χ3v) is 4.14. The minimum atomic E-state index is -0.0899. The van der Waals surface area contributed by atoms with Crippen LogP contribution in [-0.4, -0.2) is 35.3 Å². The highest BCUT2D eigenvalue weighted by molar-refractivity contribution is 7.16. The first-order valence-electron chi connectivity index (χ1n) is 6.19. The Balaban J connectivity index is 2.14. The SMILES string of the molecule is CC1(C)COCCN1c1nc(NN)nc2sccc12. The number of hydrazine groups is 1. The molecule has 0 unspecified atom stereocenters. The first-order chi connectivity index (χ1) is 9.12. The normalized spacial score (nSPS) is 18.8. The van der Waals surface area contributed by atoms with Gasteiger partial charge in [0.15, 0.2) is 0 Å². The number of morpholine rings is 1. The van der Waals surface area contributed by atoms with Crippen LogP contribution in [0, 0.1) is 0 Å². The van der Waals surface area contributed by atoms with Gasteiger partial charge in [0.25, 0.3) is 0 Å². The van der Waals surface area contributed by atoms with Crippen LogP contribution in [0.1, 0.15) is 13.8 Å². The largest absolute Gasteiger partial charge is 0.377 e. The molecule has 0 aromatic carbocycles. The summed E-state index contributed by atoms with van der Waals surface area (Å²) in [6.07, 6.45) is 0. The molecule has 0 bridgehead atoms. The van der Waals surface area contributed by atoms with Gasteiger partial charge in [-0.15, -0.1) is 11.3 Å². The minimum Gasteiger partial charge on any atom is -0.377 e. The molecule has 0 spiro atoms. The van der Waals surface area contributed by atoms with Gasteiger partial charge in [-0.05, 0) is 25.3 Å². The third-order valence-electron chi connectivity index (χ3n) is 3.33. The quantitative estimate of drug-likeness (QED) is 0.642. The Labute approximate surface area is 115 Å². The van der Waals surface area contributed by atoms with Gasteiger partial charge in [-0.1, -0.05) is 0 Å². The fraction of sp³-hybridized carbons (Fsp3) is 0.500. The summed E-state index contributed by atoms with van der Waals surface area (Å²) in [6.45, 7) is 6.53. The summed E-state index contributed by atoms with van der Waals surface area (Å²) in [5.74, 6) is 6.84. The average Bonchev–Trinajstić information content (AvgIpc) is 2.85. The second kappa shape index (κ2) is 4.59. The van der Waals surface area contributed by atoms with Crippen molar-refractivity contribution in [1.29, 1.82) is 0 Å². The number of thiophene rings is 1. The van der Waals surface area contributed by atoms with Crippen LogP contribution in [0.4, 0.5) is 11.8 Å². The number of fused-ring (bicyclic) bond motifs is 1. The molecule has 0 aliphatic carbocycles. The van der Waals surface area contributed by atoms with Crippen LogP contribution in [0.2, 0.25) is 0 Å². The summed E-state index contributed by atoms with van der Waals surface area (Å²) in [6, 6.07) is 2.06. The van der Waals surface area contributed by atoms with E-state index >= 15 is 0 Å². The van der Waals surface area contributed by atoms with Crippen LogP contribution in [0.3, 0.4) is 0 Å². The predicted molar refractivity (Wildman–Crippen MR) is 77.5 cm³/mol. The summed E-state index contributed by atoms with van der Waals surface area (Å²) < 4.78 is 5.56. The zero-order chi connectivity index (χ0) is 13.5. The molecule has 1 fully saturated rings. The van der Waals surface area contributed by atoms with E-state index in [2.05, 4.69) is 40.2 Å². The summed E-state index contributed by atoms with van der Waals surface area (Å²) >= 11 is 1.59. The van der Waals surface area contributed by atoms with E-state index in [0.717, 1.165) is 22.6 Å². The molecule has 0 atom stereocenters. The van der Waals surface area contributed by atoms with Crippen molar-refractivity contribution in [1.82, 2.24) is 9.97 Å². The molecule has 102 valence electrons. The molecule has 1 aliphatic rings.